The lowest BCUT2D eigenvalue weighted by Crippen LogP contribution is -2.46. The van der Waals surface area contributed by atoms with E-state index in [1.54, 1.807) is 0 Å². The van der Waals surface area contributed by atoms with E-state index < -0.39 is 0 Å². The second-order valence-electron chi connectivity index (χ2n) is 7.06. The lowest BCUT2D eigenvalue weighted by Gasteiger charge is -2.41. The van der Waals surface area contributed by atoms with Crippen LogP contribution in [0.2, 0.25) is 0 Å². The fraction of sp³-hybridized carbons (Fsp3) is 0.684. The fourth-order valence-electron chi connectivity index (χ4n) is 3.84. The van der Waals surface area contributed by atoms with Crippen molar-refractivity contribution in [3.63, 3.8) is 0 Å². The van der Waals surface area contributed by atoms with Gasteiger partial charge in [-0.25, -0.2) is 0 Å². The molecule has 1 aromatic rings. The zero-order valence-electron chi connectivity index (χ0n) is 13.7. The molecular weight excluding hydrogens is 256 g/mol. The number of rotatable bonds is 3. The molecule has 3 rings (SSSR count). The Kier molecular flexibility index (Phi) is 4.84. The number of hydrogen-bond donors (Lipinski definition) is 0. The van der Waals surface area contributed by atoms with Gasteiger partial charge in [0.15, 0.2) is 0 Å². The Morgan fingerprint density at radius 3 is 2.05 bits per heavy atom. The van der Waals surface area contributed by atoms with Gasteiger partial charge in [-0.2, -0.15) is 0 Å². The van der Waals surface area contributed by atoms with Gasteiger partial charge in [-0.05, 0) is 62.4 Å². The van der Waals surface area contributed by atoms with Crippen LogP contribution in [0.25, 0.3) is 0 Å². The number of anilines is 1. The van der Waals surface area contributed by atoms with Gasteiger partial charge in [0, 0.05) is 24.8 Å². The average Bonchev–Trinajstić information content (AvgIpc) is 2.56. The number of nitrogens with zero attached hydrogens (tertiary/aromatic N) is 2. The quantitative estimate of drug-likeness (QED) is 0.819. The van der Waals surface area contributed by atoms with Crippen molar-refractivity contribution in [1.82, 2.24) is 4.90 Å². The van der Waals surface area contributed by atoms with Crippen LogP contribution in [0, 0.1) is 0 Å². The molecule has 0 unspecified atom stereocenters. The smallest absolute Gasteiger partial charge is 0.0366 e. The Morgan fingerprint density at radius 1 is 0.857 bits per heavy atom. The molecule has 2 aliphatic rings. The molecule has 0 N–H and O–H groups in total. The molecule has 1 aromatic carbocycles. The predicted molar refractivity (Wildman–Crippen MR) is 91.2 cm³/mol. The van der Waals surface area contributed by atoms with E-state index in [0.717, 1.165) is 6.04 Å². The highest BCUT2D eigenvalue weighted by Crippen LogP contribution is 2.26. The molecular formula is C19H30N2. The van der Waals surface area contributed by atoms with Gasteiger partial charge in [-0.3, -0.25) is 0 Å². The number of piperidine rings is 2. The van der Waals surface area contributed by atoms with Crippen LogP contribution in [-0.4, -0.2) is 37.1 Å². The first-order chi connectivity index (χ1) is 10.2. The van der Waals surface area contributed by atoms with Gasteiger partial charge >= 0.3 is 0 Å². The highest BCUT2D eigenvalue weighted by molar-refractivity contribution is 5.48. The van der Waals surface area contributed by atoms with Crippen LogP contribution in [0.1, 0.15) is 57.4 Å². The molecule has 0 atom stereocenters. The van der Waals surface area contributed by atoms with E-state index in [0.29, 0.717) is 5.92 Å². The third kappa shape index (κ3) is 3.60. The maximum atomic E-state index is 2.75. The van der Waals surface area contributed by atoms with Crippen molar-refractivity contribution >= 4 is 5.69 Å². The lowest BCUT2D eigenvalue weighted by molar-refractivity contribution is 0.141. The van der Waals surface area contributed by atoms with E-state index in [9.17, 15) is 0 Å². The van der Waals surface area contributed by atoms with Gasteiger partial charge in [0.05, 0.1) is 0 Å². The Bertz CT molecular complexity index is 423. The molecule has 2 aliphatic heterocycles. The molecule has 0 bridgehead atoms. The Labute approximate surface area is 130 Å². The van der Waals surface area contributed by atoms with Crippen molar-refractivity contribution in [1.29, 1.82) is 0 Å². The van der Waals surface area contributed by atoms with E-state index in [1.165, 1.54) is 69.5 Å². The normalized spacial score (nSPS) is 22.0. The highest BCUT2D eigenvalue weighted by atomic mass is 15.2. The van der Waals surface area contributed by atoms with Gasteiger partial charge in [0.25, 0.3) is 0 Å². The maximum Gasteiger partial charge on any atom is 0.0366 e. The summed E-state index contributed by atoms with van der Waals surface area (Å²) >= 11 is 0. The zero-order valence-corrected chi connectivity index (χ0v) is 13.7. The SMILES string of the molecule is CC(C)c1ccc(N2CCC(N3CCCCC3)CC2)cc1. The van der Waals surface area contributed by atoms with Crippen molar-refractivity contribution in [3.8, 4) is 0 Å². The molecule has 0 amide bonds. The van der Waals surface area contributed by atoms with Gasteiger partial charge in [0.2, 0.25) is 0 Å². The molecule has 0 radical (unpaired) electrons. The molecule has 2 heteroatoms. The second-order valence-corrected chi connectivity index (χ2v) is 7.06. The second kappa shape index (κ2) is 6.83. The van der Waals surface area contributed by atoms with Crippen LogP contribution < -0.4 is 4.90 Å². The van der Waals surface area contributed by atoms with Crippen LogP contribution in [0.3, 0.4) is 0 Å². The first kappa shape index (κ1) is 14.9. The first-order valence-corrected chi connectivity index (χ1v) is 8.83. The summed E-state index contributed by atoms with van der Waals surface area (Å²) in [7, 11) is 0. The standard InChI is InChI=1S/C19H30N2/c1-16(2)17-6-8-18(9-7-17)21-14-10-19(11-15-21)20-12-4-3-5-13-20/h6-9,16,19H,3-5,10-15H2,1-2H3. The van der Waals surface area contributed by atoms with Crippen LogP contribution in [-0.2, 0) is 0 Å². The van der Waals surface area contributed by atoms with Gasteiger partial charge < -0.3 is 9.80 Å². The molecule has 0 aromatic heterocycles. The lowest BCUT2D eigenvalue weighted by atomic mass is 9.98. The zero-order chi connectivity index (χ0) is 14.7. The van der Waals surface area contributed by atoms with E-state index >= 15 is 0 Å². The van der Waals surface area contributed by atoms with Crippen LogP contribution in [0.5, 0.6) is 0 Å². The van der Waals surface area contributed by atoms with Gasteiger partial charge in [-0.1, -0.05) is 32.4 Å². The van der Waals surface area contributed by atoms with Gasteiger partial charge in [0.1, 0.15) is 0 Å². The first-order valence-electron chi connectivity index (χ1n) is 8.83. The van der Waals surface area contributed by atoms with E-state index in [-0.39, 0.29) is 0 Å². The topological polar surface area (TPSA) is 6.48 Å². The Hall–Kier alpha value is -1.02. The minimum atomic E-state index is 0.629. The molecule has 0 spiro atoms. The predicted octanol–water partition coefficient (Wildman–Crippen LogP) is 4.26. The largest absolute Gasteiger partial charge is 0.371 e. The van der Waals surface area contributed by atoms with E-state index in [2.05, 4.69) is 47.9 Å². The molecule has 0 aliphatic carbocycles. The summed E-state index contributed by atoms with van der Waals surface area (Å²) in [6, 6.07) is 10.1. The highest BCUT2D eigenvalue weighted by Gasteiger charge is 2.25. The van der Waals surface area contributed by atoms with Crippen LogP contribution in [0.15, 0.2) is 24.3 Å². The minimum Gasteiger partial charge on any atom is -0.371 e. The summed E-state index contributed by atoms with van der Waals surface area (Å²) in [6.45, 7) is 9.66. The summed E-state index contributed by atoms with van der Waals surface area (Å²) in [6.07, 6.45) is 6.95. The van der Waals surface area contributed by atoms with Gasteiger partial charge in [-0.15, -0.1) is 0 Å². The van der Waals surface area contributed by atoms with E-state index in [4.69, 9.17) is 0 Å². The molecule has 2 nitrogen and oxygen atoms in total. The summed E-state index contributed by atoms with van der Waals surface area (Å²) in [5, 5.41) is 0. The Morgan fingerprint density at radius 2 is 1.48 bits per heavy atom. The molecule has 2 fully saturated rings. The number of hydrogen-bond acceptors (Lipinski definition) is 2. The average molecular weight is 286 g/mol. The summed E-state index contributed by atoms with van der Waals surface area (Å²) in [5.74, 6) is 0.629. The minimum absolute atomic E-state index is 0.629. The molecule has 21 heavy (non-hydrogen) atoms. The van der Waals surface area contributed by atoms with Crippen LogP contribution >= 0.6 is 0 Å². The third-order valence-electron chi connectivity index (χ3n) is 5.30. The molecule has 116 valence electrons. The van der Waals surface area contributed by atoms with Crippen molar-refractivity contribution < 1.29 is 0 Å². The molecule has 0 saturated carbocycles. The fourth-order valence-corrected chi connectivity index (χ4v) is 3.84. The number of benzene rings is 1. The van der Waals surface area contributed by atoms with Crippen molar-refractivity contribution in [2.24, 2.45) is 0 Å². The van der Waals surface area contributed by atoms with Crippen molar-refractivity contribution in [2.45, 2.75) is 57.9 Å². The molecule has 2 saturated heterocycles. The summed E-state index contributed by atoms with van der Waals surface area (Å²) in [4.78, 5) is 5.33. The summed E-state index contributed by atoms with van der Waals surface area (Å²) in [5.41, 5.74) is 2.86. The van der Waals surface area contributed by atoms with E-state index in [1.807, 2.05) is 0 Å². The Balaban J connectivity index is 1.55. The maximum absolute atomic E-state index is 2.75. The molecule has 2 heterocycles. The third-order valence-corrected chi connectivity index (χ3v) is 5.30. The van der Waals surface area contributed by atoms with Crippen molar-refractivity contribution in [3.05, 3.63) is 29.8 Å². The number of likely N-dealkylation sites (tertiary alicyclic amines) is 1. The summed E-state index contributed by atoms with van der Waals surface area (Å²) < 4.78 is 0. The monoisotopic (exact) mass is 286 g/mol. The van der Waals surface area contributed by atoms with Crippen molar-refractivity contribution in [2.75, 3.05) is 31.1 Å². The van der Waals surface area contributed by atoms with Crippen LogP contribution in [0.4, 0.5) is 5.69 Å².